The molecule has 0 saturated carbocycles. The van der Waals surface area contributed by atoms with E-state index < -0.39 is 0 Å². The molecule has 102 valence electrons. The maximum Gasteiger partial charge on any atom is 0.112 e. The molecular formula is C16H22N2O. The minimum atomic E-state index is 0.0728. The lowest BCUT2D eigenvalue weighted by atomic mass is 9.96. The summed E-state index contributed by atoms with van der Waals surface area (Å²) in [6, 6.07) is 8.50. The number of aromatic amines is 1. The van der Waals surface area contributed by atoms with E-state index in [4.69, 9.17) is 0 Å². The molecule has 3 nitrogen and oxygen atoms in total. The molecule has 19 heavy (non-hydrogen) atoms. The number of hydrogen-bond acceptors (Lipinski definition) is 2. The number of aliphatic hydroxyl groups excluding tert-OH is 1. The van der Waals surface area contributed by atoms with Crippen molar-refractivity contribution < 1.29 is 5.11 Å². The number of imidazole rings is 1. The summed E-state index contributed by atoms with van der Waals surface area (Å²) in [6.07, 6.45) is 2.90. The molecule has 0 saturated heterocycles. The molecule has 3 heteroatoms. The smallest absolute Gasteiger partial charge is 0.112 e. The summed E-state index contributed by atoms with van der Waals surface area (Å²) in [5, 5.41) is 9.44. The van der Waals surface area contributed by atoms with Crippen LogP contribution in [0.1, 0.15) is 38.1 Å². The van der Waals surface area contributed by atoms with Gasteiger partial charge in [0.05, 0.1) is 18.5 Å². The van der Waals surface area contributed by atoms with E-state index in [9.17, 15) is 5.11 Å². The van der Waals surface area contributed by atoms with Crippen molar-refractivity contribution in [1.82, 2.24) is 9.97 Å². The van der Waals surface area contributed by atoms with Gasteiger partial charge in [-0.25, -0.2) is 4.98 Å². The second-order valence-corrected chi connectivity index (χ2v) is 5.27. The van der Waals surface area contributed by atoms with Gasteiger partial charge < -0.3 is 10.1 Å². The summed E-state index contributed by atoms with van der Waals surface area (Å²) in [7, 11) is 0. The van der Waals surface area contributed by atoms with Gasteiger partial charge in [0.2, 0.25) is 0 Å². The molecule has 1 aromatic carbocycles. The van der Waals surface area contributed by atoms with Crippen LogP contribution in [0.15, 0.2) is 30.5 Å². The number of aromatic nitrogens is 2. The van der Waals surface area contributed by atoms with Crippen LogP contribution in [0.5, 0.6) is 0 Å². The first-order chi connectivity index (χ1) is 9.15. The van der Waals surface area contributed by atoms with Crippen molar-refractivity contribution in [3.63, 3.8) is 0 Å². The van der Waals surface area contributed by atoms with Gasteiger partial charge in [-0.2, -0.15) is 0 Å². The number of aryl methyl sites for hydroxylation is 1. The molecule has 1 aromatic heterocycles. The molecular weight excluding hydrogens is 236 g/mol. The Hall–Kier alpha value is -1.61. The van der Waals surface area contributed by atoms with Crippen LogP contribution in [0.25, 0.3) is 11.3 Å². The SMILES string of the molecule is CCc1ccc(-c2cnc(C(CO)C(C)C)[nH]2)cc1. The average Bonchev–Trinajstić information content (AvgIpc) is 2.89. The van der Waals surface area contributed by atoms with Crippen molar-refractivity contribution in [3.8, 4) is 11.3 Å². The summed E-state index contributed by atoms with van der Waals surface area (Å²) in [4.78, 5) is 7.74. The Morgan fingerprint density at radius 2 is 1.89 bits per heavy atom. The second-order valence-electron chi connectivity index (χ2n) is 5.27. The molecule has 0 radical (unpaired) electrons. The van der Waals surface area contributed by atoms with E-state index in [1.54, 1.807) is 0 Å². The van der Waals surface area contributed by atoms with Crippen molar-refractivity contribution in [2.24, 2.45) is 5.92 Å². The van der Waals surface area contributed by atoms with Gasteiger partial charge >= 0.3 is 0 Å². The zero-order chi connectivity index (χ0) is 13.8. The van der Waals surface area contributed by atoms with Crippen molar-refractivity contribution >= 4 is 0 Å². The number of nitrogens with one attached hydrogen (secondary N) is 1. The summed E-state index contributed by atoms with van der Waals surface area (Å²) in [5.41, 5.74) is 3.48. The van der Waals surface area contributed by atoms with E-state index in [1.807, 2.05) is 6.20 Å². The lowest BCUT2D eigenvalue weighted by Gasteiger charge is -2.15. The van der Waals surface area contributed by atoms with E-state index in [2.05, 4.69) is 55.0 Å². The van der Waals surface area contributed by atoms with Gasteiger partial charge in [-0.3, -0.25) is 0 Å². The van der Waals surface area contributed by atoms with Gasteiger partial charge in [-0.1, -0.05) is 45.0 Å². The number of nitrogens with zero attached hydrogens (tertiary/aromatic N) is 1. The number of aliphatic hydroxyl groups is 1. The molecule has 0 spiro atoms. The van der Waals surface area contributed by atoms with Crippen LogP contribution in [-0.2, 0) is 6.42 Å². The molecule has 0 aliphatic heterocycles. The average molecular weight is 258 g/mol. The Morgan fingerprint density at radius 1 is 1.21 bits per heavy atom. The fourth-order valence-corrected chi connectivity index (χ4v) is 2.20. The van der Waals surface area contributed by atoms with Crippen LogP contribution in [0.2, 0.25) is 0 Å². The number of benzene rings is 1. The van der Waals surface area contributed by atoms with E-state index in [0.717, 1.165) is 23.5 Å². The van der Waals surface area contributed by atoms with Crippen LogP contribution in [0, 0.1) is 5.92 Å². The summed E-state index contributed by atoms with van der Waals surface area (Å²) in [6.45, 7) is 6.47. The largest absolute Gasteiger partial charge is 0.396 e. The van der Waals surface area contributed by atoms with Gasteiger partial charge in [0.25, 0.3) is 0 Å². The topological polar surface area (TPSA) is 48.9 Å². The molecule has 0 bridgehead atoms. The zero-order valence-electron chi connectivity index (χ0n) is 11.9. The Balaban J connectivity index is 2.24. The maximum atomic E-state index is 9.44. The first kappa shape index (κ1) is 13.8. The number of H-pyrrole nitrogens is 1. The van der Waals surface area contributed by atoms with Gasteiger partial charge in [0, 0.05) is 5.92 Å². The van der Waals surface area contributed by atoms with Gasteiger partial charge in [0.1, 0.15) is 5.82 Å². The van der Waals surface area contributed by atoms with E-state index >= 15 is 0 Å². The highest BCUT2D eigenvalue weighted by atomic mass is 16.3. The third-order valence-electron chi connectivity index (χ3n) is 3.62. The van der Waals surface area contributed by atoms with Crippen LogP contribution >= 0.6 is 0 Å². The second kappa shape index (κ2) is 6.02. The molecule has 1 unspecified atom stereocenters. The summed E-state index contributed by atoms with van der Waals surface area (Å²) >= 11 is 0. The highest BCUT2D eigenvalue weighted by Crippen LogP contribution is 2.24. The van der Waals surface area contributed by atoms with Gasteiger partial charge in [-0.05, 0) is 23.5 Å². The monoisotopic (exact) mass is 258 g/mol. The molecule has 0 amide bonds. The Labute approximate surface area is 114 Å². The summed E-state index contributed by atoms with van der Waals surface area (Å²) < 4.78 is 0. The molecule has 1 heterocycles. The third-order valence-corrected chi connectivity index (χ3v) is 3.62. The molecule has 2 rings (SSSR count). The van der Waals surface area contributed by atoms with Crippen LogP contribution in [0.3, 0.4) is 0 Å². The van der Waals surface area contributed by atoms with Crippen LogP contribution < -0.4 is 0 Å². The van der Waals surface area contributed by atoms with Crippen molar-refractivity contribution in [2.75, 3.05) is 6.61 Å². The fraction of sp³-hybridized carbons (Fsp3) is 0.438. The Bertz CT molecular complexity index is 514. The minimum Gasteiger partial charge on any atom is -0.396 e. The molecule has 1 atom stereocenters. The Kier molecular flexibility index (Phi) is 4.38. The van der Waals surface area contributed by atoms with Crippen LogP contribution in [-0.4, -0.2) is 21.7 Å². The maximum absolute atomic E-state index is 9.44. The number of hydrogen-bond donors (Lipinski definition) is 2. The van der Waals surface area contributed by atoms with Crippen LogP contribution in [0.4, 0.5) is 0 Å². The highest BCUT2D eigenvalue weighted by Gasteiger charge is 2.18. The standard InChI is InChI=1S/C16H22N2O/c1-4-12-5-7-13(8-6-12)15-9-17-16(18-15)14(10-19)11(2)3/h5-9,11,14,19H,4,10H2,1-3H3,(H,17,18). The normalized spacial score (nSPS) is 12.9. The van der Waals surface area contributed by atoms with E-state index in [0.29, 0.717) is 5.92 Å². The quantitative estimate of drug-likeness (QED) is 0.863. The van der Waals surface area contributed by atoms with E-state index in [-0.39, 0.29) is 12.5 Å². The van der Waals surface area contributed by atoms with Gasteiger partial charge in [0.15, 0.2) is 0 Å². The highest BCUT2D eigenvalue weighted by molar-refractivity contribution is 5.58. The predicted octanol–water partition coefficient (Wildman–Crippen LogP) is 3.37. The molecule has 0 aliphatic carbocycles. The molecule has 2 N–H and O–H groups in total. The Morgan fingerprint density at radius 3 is 2.42 bits per heavy atom. The predicted molar refractivity (Wildman–Crippen MR) is 78.1 cm³/mol. The lowest BCUT2D eigenvalue weighted by Crippen LogP contribution is -2.12. The lowest BCUT2D eigenvalue weighted by molar-refractivity contribution is 0.232. The number of rotatable bonds is 5. The third kappa shape index (κ3) is 3.04. The first-order valence-electron chi connectivity index (χ1n) is 6.90. The molecule has 0 fully saturated rings. The fourth-order valence-electron chi connectivity index (χ4n) is 2.20. The zero-order valence-corrected chi connectivity index (χ0v) is 11.9. The van der Waals surface area contributed by atoms with E-state index in [1.165, 1.54) is 5.56 Å². The van der Waals surface area contributed by atoms with Crippen molar-refractivity contribution in [2.45, 2.75) is 33.1 Å². The van der Waals surface area contributed by atoms with Crippen molar-refractivity contribution in [3.05, 3.63) is 41.9 Å². The van der Waals surface area contributed by atoms with Gasteiger partial charge in [-0.15, -0.1) is 0 Å². The first-order valence-corrected chi connectivity index (χ1v) is 6.90. The summed E-state index contributed by atoms with van der Waals surface area (Å²) in [5.74, 6) is 1.31. The van der Waals surface area contributed by atoms with Crippen molar-refractivity contribution in [1.29, 1.82) is 0 Å². The molecule has 0 aliphatic rings. The molecule has 2 aromatic rings. The minimum absolute atomic E-state index is 0.0728.